The van der Waals surface area contributed by atoms with Gasteiger partial charge in [-0.3, -0.25) is 0 Å². The fraction of sp³-hybridized carbons (Fsp3) is 0.571. The predicted molar refractivity (Wildman–Crippen MR) is 79.6 cm³/mol. The van der Waals surface area contributed by atoms with E-state index < -0.39 is 0 Å². The summed E-state index contributed by atoms with van der Waals surface area (Å²) in [6.45, 7) is 4.19. The van der Waals surface area contributed by atoms with E-state index in [-0.39, 0.29) is 17.9 Å². The van der Waals surface area contributed by atoms with Gasteiger partial charge in [0, 0.05) is 19.3 Å². The van der Waals surface area contributed by atoms with Gasteiger partial charge in [0.1, 0.15) is 0 Å². The van der Waals surface area contributed by atoms with Gasteiger partial charge in [0.25, 0.3) is 0 Å². The Kier molecular flexibility index (Phi) is 14.1. The van der Waals surface area contributed by atoms with Crippen LogP contribution in [-0.4, -0.2) is 31.8 Å². The van der Waals surface area contributed by atoms with Crippen molar-refractivity contribution in [3.05, 3.63) is 35.9 Å². The summed E-state index contributed by atoms with van der Waals surface area (Å²) >= 11 is 0. The maximum absolute atomic E-state index is 4.94. The van der Waals surface area contributed by atoms with E-state index in [2.05, 4.69) is 36.5 Å². The highest BCUT2D eigenvalue weighted by molar-refractivity contribution is 5.85. The average Bonchev–Trinajstić information content (AvgIpc) is 2.89. The second-order valence-corrected chi connectivity index (χ2v) is 4.20. The summed E-state index contributed by atoms with van der Waals surface area (Å²) in [4.78, 5) is 0. The van der Waals surface area contributed by atoms with Crippen molar-refractivity contribution in [1.29, 1.82) is 0 Å². The first-order valence-electron chi connectivity index (χ1n) is 6.12. The van der Waals surface area contributed by atoms with Crippen LogP contribution in [-0.2, 0) is 11.2 Å². The molecule has 1 aliphatic heterocycles. The van der Waals surface area contributed by atoms with Gasteiger partial charge in [0.15, 0.2) is 0 Å². The van der Waals surface area contributed by atoms with E-state index in [9.17, 15) is 0 Å². The molecule has 1 aromatic rings. The minimum atomic E-state index is 0. The molecule has 1 aliphatic rings. The summed E-state index contributed by atoms with van der Waals surface area (Å²) < 4.78 is 4.94. The second kappa shape index (κ2) is 12.8. The minimum absolute atomic E-state index is 0. The Hall–Kier alpha value is -0.610. The number of ether oxygens (including phenoxy) is 1. The first-order chi connectivity index (χ1) is 7.83. The van der Waals surface area contributed by atoms with Crippen LogP contribution in [0.15, 0.2) is 30.3 Å². The second-order valence-electron chi connectivity index (χ2n) is 4.20. The highest BCUT2D eigenvalue weighted by Crippen LogP contribution is 2.01. The van der Waals surface area contributed by atoms with E-state index in [0.717, 1.165) is 19.6 Å². The number of halogens is 1. The van der Waals surface area contributed by atoms with Crippen molar-refractivity contribution in [2.45, 2.75) is 32.2 Å². The Balaban J connectivity index is 0. The Labute approximate surface area is 117 Å². The molecule has 1 fully saturated rings. The summed E-state index contributed by atoms with van der Waals surface area (Å²) in [5, 5.41) is 3.21. The summed E-state index contributed by atoms with van der Waals surface area (Å²) in [5.41, 5.74) is 1.40. The lowest BCUT2D eigenvalue weighted by molar-refractivity contribution is 0.198. The van der Waals surface area contributed by atoms with Crippen LogP contribution in [0, 0.1) is 0 Å². The lowest BCUT2D eigenvalue weighted by Gasteiger charge is -2.08. The molecule has 0 unspecified atom stereocenters. The maximum atomic E-state index is 4.94. The molecule has 1 heterocycles. The van der Waals surface area contributed by atoms with Gasteiger partial charge in [-0.15, -0.1) is 12.4 Å². The normalized spacial score (nSPS) is 14.6. The molecule has 2 rings (SSSR count). The summed E-state index contributed by atoms with van der Waals surface area (Å²) in [7, 11) is 1.99. The predicted octanol–water partition coefficient (Wildman–Crippen LogP) is 2.23. The molecule has 4 heteroatoms. The van der Waals surface area contributed by atoms with Gasteiger partial charge in [-0.05, 0) is 38.8 Å². The van der Waals surface area contributed by atoms with Gasteiger partial charge in [-0.1, -0.05) is 30.3 Å². The molecule has 1 saturated heterocycles. The molecule has 106 valence electrons. The molecule has 0 radical (unpaired) electrons. The van der Waals surface area contributed by atoms with Crippen molar-refractivity contribution in [3.63, 3.8) is 0 Å². The van der Waals surface area contributed by atoms with Gasteiger partial charge in [0.2, 0.25) is 0 Å². The van der Waals surface area contributed by atoms with Gasteiger partial charge >= 0.3 is 0 Å². The Bertz CT molecular complexity index is 258. The maximum Gasteiger partial charge on any atom is 0.0466 e. The highest BCUT2D eigenvalue weighted by atomic mass is 35.5. The van der Waals surface area contributed by atoms with Crippen LogP contribution < -0.4 is 5.32 Å². The fourth-order valence-electron chi connectivity index (χ4n) is 1.58. The molecule has 0 amide bonds. The van der Waals surface area contributed by atoms with E-state index in [0.29, 0.717) is 6.04 Å². The van der Waals surface area contributed by atoms with Crippen LogP contribution in [0.25, 0.3) is 0 Å². The minimum Gasteiger partial charge on any atom is -0.412 e. The monoisotopic (exact) mass is 275 g/mol. The first kappa shape index (κ1) is 19.7. The smallest absolute Gasteiger partial charge is 0.0466 e. The average molecular weight is 276 g/mol. The van der Waals surface area contributed by atoms with Crippen LogP contribution >= 0.6 is 12.4 Å². The Morgan fingerprint density at radius 3 is 2.11 bits per heavy atom. The number of benzene rings is 1. The van der Waals surface area contributed by atoms with Crippen molar-refractivity contribution in [1.82, 2.24) is 5.32 Å². The van der Waals surface area contributed by atoms with Crippen LogP contribution in [0.1, 0.15) is 25.3 Å². The summed E-state index contributed by atoms with van der Waals surface area (Å²) in [6, 6.07) is 11.1. The molecule has 1 atom stereocenters. The molecule has 1 aromatic carbocycles. The van der Waals surface area contributed by atoms with Crippen molar-refractivity contribution in [2.24, 2.45) is 0 Å². The van der Waals surface area contributed by atoms with Crippen molar-refractivity contribution in [2.75, 3.05) is 20.3 Å². The van der Waals surface area contributed by atoms with Crippen LogP contribution in [0.3, 0.4) is 0 Å². The zero-order valence-corrected chi connectivity index (χ0v) is 12.1. The largest absolute Gasteiger partial charge is 0.412 e. The summed E-state index contributed by atoms with van der Waals surface area (Å²) in [6.07, 6.45) is 3.66. The third-order valence-electron chi connectivity index (χ3n) is 2.70. The SMILES string of the molecule is C1CCOC1.CN[C@@H](C)Cc1ccccc1.Cl.O. The number of rotatable bonds is 3. The Morgan fingerprint density at radius 2 is 1.72 bits per heavy atom. The molecule has 0 bridgehead atoms. The number of likely N-dealkylation sites (N-methyl/N-ethyl adjacent to an activating group) is 1. The molecular formula is C14H26ClNO2. The molecule has 0 aliphatic carbocycles. The van der Waals surface area contributed by atoms with Crippen molar-refractivity contribution in [3.8, 4) is 0 Å². The molecule has 0 spiro atoms. The number of hydrogen-bond acceptors (Lipinski definition) is 2. The zero-order chi connectivity index (χ0) is 11.6. The van der Waals surface area contributed by atoms with E-state index in [4.69, 9.17) is 4.74 Å². The summed E-state index contributed by atoms with van der Waals surface area (Å²) in [5.74, 6) is 0. The molecule has 3 nitrogen and oxygen atoms in total. The number of nitrogens with one attached hydrogen (secondary N) is 1. The molecule has 3 N–H and O–H groups in total. The van der Waals surface area contributed by atoms with E-state index in [1.54, 1.807) is 0 Å². The fourth-order valence-corrected chi connectivity index (χ4v) is 1.58. The highest BCUT2D eigenvalue weighted by Gasteiger charge is 1.97. The molecule has 0 aromatic heterocycles. The first-order valence-corrected chi connectivity index (χ1v) is 6.12. The lowest BCUT2D eigenvalue weighted by atomic mass is 10.1. The number of hydrogen-bond donors (Lipinski definition) is 1. The quantitative estimate of drug-likeness (QED) is 0.920. The van der Waals surface area contributed by atoms with Gasteiger partial charge < -0.3 is 15.5 Å². The van der Waals surface area contributed by atoms with Gasteiger partial charge in [-0.25, -0.2) is 0 Å². The Morgan fingerprint density at radius 1 is 1.17 bits per heavy atom. The van der Waals surface area contributed by atoms with E-state index >= 15 is 0 Å². The zero-order valence-electron chi connectivity index (χ0n) is 11.3. The third kappa shape index (κ3) is 9.42. The third-order valence-corrected chi connectivity index (χ3v) is 2.70. The molecule has 0 saturated carbocycles. The molecular weight excluding hydrogens is 250 g/mol. The standard InChI is InChI=1S/C10H15N.C4H8O.ClH.H2O/c1-9(11-2)8-10-6-4-3-5-7-10;1-2-4-5-3-1;;/h3-7,9,11H,8H2,1-2H3;1-4H2;1H;1H2/t9-;;;/m0.../s1. The molecule has 18 heavy (non-hydrogen) atoms. The van der Waals surface area contributed by atoms with Crippen molar-refractivity contribution < 1.29 is 10.2 Å². The topological polar surface area (TPSA) is 52.8 Å². The van der Waals surface area contributed by atoms with E-state index in [1.807, 2.05) is 13.1 Å². The van der Waals surface area contributed by atoms with E-state index in [1.165, 1.54) is 18.4 Å². The van der Waals surface area contributed by atoms with Gasteiger partial charge in [-0.2, -0.15) is 0 Å². The lowest BCUT2D eigenvalue weighted by Crippen LogP contribution is -2.23. The van der Waals surface area contributed by atoms with Crippen LogP contribution in [0.2, 0.25) is 0 Å². The van der Waals surface area contributed by atoms with Gasteiger partial charge in [0.05, 0.1) is 0 Å². The van der Waals surface area contributed by atoms with Crippen molar-refractivity contribution >= 4 is 12.4 Å². The van der Waals surface area contributed by atoms with Crippen LogP contribution in [0.5, 0.6) is 0 Å². The van der Waals surface area contributed by atoms with Crippen LogP contribution in [0.4, 0.5) is 0 Å².